The molecule has 100 valence electrons. The second-order valence-electron chi connectivity index (χ2n) is 4.56. The molecule has 0 radical (unpaired) electrons. The number of benzene rings is 1. The van der Waals surface area contributed by atoms with E-state index < -0.39 is 10.1 Å². The first-order valence-corrected chi connectivity index (χ1v) is 7.90. The summed E-state index contributed by atoms with van der Waals surface area (Å²) in [6.07, 6.45) is 2.95. The van der Waals surface area contributed by atoms with Crippen molar-refractivity contribution in [3.63, 3.8) is 0 Å². The monoisotopic (exact) mass is 270 g/mol. The lowest BCUT2D eigenvalue weighted by molar-refractivity contribution is -0.108. The van der Waals surface area contributed by atoms with Crippen molar-refractivity contribution >= 4 is 10.1 Å². The summed E-state index contributed by atoms with van der Waals surface area (Å²) in [7, 11) is -3.43. The van der Waals surface area contributed by atoms with Gasteiger partial charge in [0.25, 0.3) is 10.1 Å². The molecule has 0 saturated carbocycles. The second kappa shape index (κ2) is 5.82. The molecule has 0 aromatic heterocycles. The topological polar surface area (TPSA) is 52.6 Å². The van der Waals surface area contributed by atoms with Crippen LogP contribution in [0.1, 0.15) is 18.4 Å². The first kappa shape index (κ1) is 13.5. The third kappa shape index (κ3) is 4.08. The van der Waals surface area contributed by atoms with Gasteiger partial charge in [-0.2, -0.15) is 8.42 Å². The van der Waals surface area contributed by atoms with Crippen molar-refractivity contribution in [3.8, 4) is 0 Å². The summed E-state index contributed by atoms with van der Waals surface area (Å²) in [6.45, 7) is 0.694. The average molecular weight is 270 g/mol. The highest BCUT2D eigenvalue weighted by atomic mass is 32.2. The Labute approximate surface area is 108 Å². The number of hydrogen-bond donors (Lipinski definition) is 0. The van der Waals surface area contributed by atoms with Crippen molar-refractivity contribution in [2.45, 2.75) is 31.5 Å². The highest BCUT2D eigenvalue weighted by Gasteiger charge is 2.31. The van der Waals surface area contributed by atoms with E-state index in [1.54, 1.807) is 0 Å². The molecule has 0 unspecified atom stereocenters. The Morgan fingerprint density at radius 1 is 1.39 bits per heavy atom. The smallest absolute Gasteiger partial charge is 0.264 e. The standard InChI is InChI=1S/C13H18O4S/c1-18(14,15)17-13(12-9-10-16-12)8-7-11-5-3-2-4-6-11/h2-6,12-13H,7-10H2,1H3/t12-,13+/m1/s1. The van der Waals surface area contributed by atoms with E-state index >= 15 is 0 Å². The fraction of sp³-hybridized carbons (Fsp3) is 0.538. The van der Waals surface area contributed by atoms with Gasteiger partial charge in [-0.3, -0.25) is 4.18 Å². The molecule has 1 aromatic carbocycles. The zero-order chi connectivity index (χ0) is 13.0. The quantitative estimate of drug-likeness (QED) is 0.739. The molecule has 1 fully saturated rings. The van der Waals surface area contributed by atoms with Crippen molar-refractivity contribution in [2.24, 2.45) is 0 Å². The predicted molar refractivity (Wildman–Crippen MR) is 68.8 cm³/mol. The van der Waals surface area contributed by atoms with E-state index in [-0.39, 0.29) is 12.2 Å². The van der Waals surface area contributed by atoms with E-state index in [4.69, 9.17) is 8.92 Å². The van der Waals surface area contributed by atoms with Crippen molar-refractivity contribution < 1.29 is 17.3 Å². The normalized spacial score (nSPS) is 21.3. The van der Waals surface area contributed by atoms with Crippen LogP contribution in [-0.4, -0.2) is 33.5 Å². The minimum Gasteiger partial charge on any atom is -0.375 e. The number of rotatable bonds is 6. The van der Waals surface area contributed by atoms with Crippen LogP contribution in [0.4, 0.5) is 0 Å². The molecule has 18 heavy (non-hydrogen) atoms. The maximum atomic E-state index is 11.2. The van der Waals surface area contributed by atoms with Gasteiger partial charge in [0.1, 0.15) is 6.10 Å². The maximum Gasteiger partial charge on any atom is 0.264 e. The Bertz CT molecular complexity index is 465. The van der Waals surface area contributed by atoms with E-state index in [9.17, 15) is 8.42 Å². The Hall–Kier alpha value is -0.910. The van der Waals surface area contributed by atoms with Gasteiger partial charge in [0, 0.05) is 6.61 Å². The zero-order valence-electron chi connectivity index (χ0n) is 10.4. The predicted octanol–water partition coefficient (Wildman–Crippen LogP) is 1.75. The first-order chi connectivity index (χ1) is 8.54. The lowest BCUT2D eigenvalue weighted by Gasteiger charge is -2.33. The number of hydrogen-bond acceptors (Lipinski definition) is 4. The van der Waals surface area contributed by atoms with Gasteiger partial charge in [-0.05, 0) is 24.8 Å². The van der Waals surface area contributed by atoms with Crippen molar-refractivity contribution in [1.82, 2.24) is 0 Å². The van der Waals surface area contributed by atoms with Gasteiger partial charge in [0.15, 0.2) is 0 Å². The van der Waals surface area contributed by atoms with E-state index in [1.807, 2.05) is 30.3 Å². The molecular formula is C13H18O4S. The number of ether oxygens (including phenoxy) is 1. The van der Waals surface area contributed by atoms with Gasteiger partial charge in [0.2, 0.25) is 0 Å². The van der Waals surface area contributed by atoms with Crippen LogP contribution in [0.15, 0.2) is 30.3 Å². The lowest BCUT2D eigenvalue weighted by Crippen LogP contribution is -2.41. The van der Waals surface area contributed by atoms with E-state index in [0.717, 1.165) is 19.1 Å². The summed E-state index contributed by atoms with van der Waals surface area (Å²) >= 11 is 0. The van der Waals surface area contributed by atoms with Gasteiger partial charge in [-0.15, -0.1) is 0 Å². The first-order valence-electron chi connectivity index (χ1n) is 6.08. The second-order valence-corrected chi connectivity index (χ2v) is 6.16. The highest BCUT2D eigenvalue weighted by molar-refractivity contribution is 7.86. The molecule has 1 aliphatic heterocycles. The van der Waals surface area contributed by atoms with Gasteiger partial charge < -0.3 is 4.74 Å². The van der Waals surface area contributed by atoms with Crippen LogP contribution in [0, 0.1) is 0 Å². The SMILES string of the molecule is CS(=O)(=O)O[C@@H](CCc1ccccc1)[C@H]1CCO1. The Morgan fingerprint density at radius 3 is 2.56 bits per heavy atom. The van der Waals surface area contributed by atoms with Gasteiger partial charge in [-0.1, -0.05) is 30.3 Å². The minimum absolute atomic E-state index is 0.0802. The third-order valence-corrected chi connectivity index (χ3v) is 3.60. The molecule has 0 aliphatic carbocycles. The molecule has 0 spiro atoms. The van der Waals surface area contributed by atoms with E-state index in [0.29, 0.717) is 13.0 Å². The summed E-state index contributed by atoms with van der Waals surface area (Å²) in [5, 5.41) is 0. The molecule has 2 atom stereocenters. The van der Waals surface area contributed by atoms with Gasteiger partial charge in [0.05, 0.1) is 12.4 Å². The summed E-state index contributed by atoms with van der Waals surface area (Å²) in [4.78, 5) is 0. The molecular weight excluding hydrogens is 252 g/mol. The molecule has 1 aromatic rings. The molecule has 2 rings (SSSR count). The van der Waals surface area contributed by atoms with Crippen molar-refractivity contribution in [1.29, 1.82) is 0 Å². The molecule has 0 bridgehead atoms. The molecule has 5 heteroatoms. The Kier molecular flexibility index (Phi) is 4.37. The van der Waals surface area contributed by atoms with Crippen LogP contribution in [-0.2, 0) is 25.5 Å². The van der Waals surface area contributed by atoms with Crippen LogP contribution >= 0.6 is 0 Å². The van der Waals surface area contributed by atoms with Gasteiger partial charge >= 0.3 is 0 Å². The molecule has 4 nitrogen and oxygen atoms in total. The molecule has 1 saturated heterocycles. The van der Waals surface area contributed by atoms with Gasteiger partial charge in [-0.25, -0.2) is 0 Å². The fourth-order valence-electron chi connectivity index (χ4n) is 2.02. The van der Waals surface area contributed by atoms with Crippen LogP contribution in [0.25, 0.3) is 0 Å². The van der Waals surface area contributed by atoms with Crippen LogP contribution in [0.5, 0.6) is 0 Å². The zero-order valence-corrected chi connectivity index (χ0v) is 11.2. The highest BCUT2D eigenvalue weighted by Crippen LogP contribution is 2.23. The Balaban J connectivity index is 1.93. The average Bonchev–Trinajstić information content (AvgIpc) is 2.23. The summed E-state index contributed by atoms with van der Waals surface area (Å²) < 4.78 is 32.9. The maximum absolute atomic E-state index is 11.2. The fourth-order valence-corrected chi connectivity index (χ4v) is 2.69. The summed E-state index contributed by atoms with van der Waals surface area (Å²) in [5.41, 5.74) is 1.18. The molecule has 1 heterocycles. The largest absolute Gasteiger partial charge is 0.375 e. The van der Waals surface area contributed by atoms with Crippen LogP contribution in [0.3, 0.4) is 0 Å². The van der Waals surface area contributed by atoms with Crippen molar-refractivity contribution in [2.75, 3.05) is 12.9 Å². The minimum atomic E-state index is -3.43. The number of aryl methyl sites for hydroxylation is 1. The van der Waals surface area contributed by atoms with E-state index in [2.05, 4.69) is 0 Å². The van der Waals surface area contributed by atoms with Crippen LogP contribution < -0.4 is 0 Å². The third-order valence-electron chi connectivity index (χ3n) is 3.01. The molecule has 0 N–H and O–H groups in total. The lowest BCUT2D eigenvalue weighted by atomic mass is 10.00. The molecule has 1 aliphatic rings. The summed E-state index contributed by atoms with van der Waals surface area (Å²) in [5.74, 6) is 0. The summed E-state index contributed by atoms with van der Waals surface area (Å²) in [6, 6.07) is 9.96. The Morgan fingerprint density at radius 2 is 2.06 bits per heavy atom. The van der Waals surface area contributed by atoms with Crippen LogP contribution in [0.2, 0.25) is 0 Å². The van der Waals surface area contributed by atoms with Crippen molar-refractivity contribution in [3.05, 3.63) is 35.9 Å². The van der Waals surface area contributed by atoms with E-state index in [1.165, 1.54) is 5.56 Å². The molecule has 0 amide bonds.